The van der Waals surface area contributed by atoms with Crippen LogP contribution in [-0.4, -0.2) is 17.4 Å². The number of hydrogen-bond acceptors (Lipinski definition) is 1. The number of rotatable bonds is 7. The lowest BCUT2D eigenvalue weighted by molar-refractivity contribution is -0.0806. The van der Waals surface area contributed by atoms with E-state index in [0.29, 0.717) is 6.42 Å². The minimum atomic E-state index is -4.32. The van der Waals surface area contributed by atoms with Crippen LogP contribution in [0.2, 0.25) is 0 Å². The molecule has 0 radical (unpaired) electrons. The summed E-state index contributed by atoms with van der Waals surface area (Å²) in [6.45, 7) is 2.10. The first kappa shape index (κ1) is 14.5. The van der Waals surface area contributed by atoms with E-state index in [-0.39, 0.29) is 6.08 Å². The van der Waals surface area contributed by atoms with Gasteiger partial charge in [0.2, 0.25) is 0 Å². The molecule has 0 aliphatic rings. The van der Waals surface area contributed by atoms with Gasteiger partial charge in [0.15, 0.2) is 0 Å². The van der Waals surface area contributed by atoms with Crippen molar-refractivity contribution in [2.45, 2.75) is 57.7 Å². The lowest BCUT2D eigenvalue weighted by atomic mass is 10.1. The molecule has 1 N–H and O–H groups in total. The number of alkyl halides is 3. The zero-order valence-electron chi connectivity index (χ0n) is 9.06. The average Bonchev–Trinajstić information content (AvgIpc) is 2.13. The molecule has 0 aromatic heterocycles. The van der Waals surface area contributed by atoms with Crippen LogP contribution in [0.25, 0.3) is 0 Å². The summed E-state index contributed by atoms with van der Waals surface area (Å²) in [5.41, 5.74) is 0. The van der Waals surface area contributed by atoms with Gasteiger partial charge in [0.05, 0.1) is 6.10 Å². The molecule has 0 amide bonds. The minimum Gasteiger partial charge on any atom is -0.389 e. The van der Waals surface area contributed by atoms with Crippen LogP contribution in [0.4, 0.5) is 13.2 Å². The Morgan fingerprint density at radius 3 is 2.27 bits per heavy atom. The highest BCUT2D eigenvalue weighted by molar-refractivity contribution is 4.93. The summed E-state index contributed by atoms with van der Waals surface area (Å²) >= 11 is 0. The molecule has 0 saturated carbocycles. The van der Waals surface area contributed by atoms with Gasteiger partial charge in [-0.15, -0.1) is 0 Å². The molecule has 0 aliphatic heterocycles. The molecular weight excluding hydrogens is 205 g/mol. The maximum Gasteiger partial charge on any atom is 0.409 e. The molecule has 0 aliphatic carbocycles. The van der Waals surface area contributed by atoms with E-state index in [9.17, 15) is 18.3 Å². The summed E-state index contributed by atoms with van der Waals surface area (Å²) < 4.78 is 35.1. The van der Waals surface area contributed by atoms with E-state index >= 15 is 0 Å². The second-order valence-electron chi connectivity index (χ2n) is 3.67. The van der Waals surface area contributed by atoms with Gasteiger partial charge in [0.25, 0.3) is 0 Å². The first-order valence-electron chi connectivity index (χ1n) is 5.40. The molecule has 0 rings (SSSR count). The first-order valence-corrected chi connectivity index (χ1v) is 5.40. The number of allylic oxidation sites excluding steroid dienone is 1. The van der Waals surface area contributed by atoms with E-state index in [1.165, 1.54) is 0 Å². The molecule has 0 fully saturated rings. The van der Waals surface area contributed by atoms with E-state index in [4.69, 9.17) is 0 Å². The van der Waals surface area contributed by atoms with Gasteiger partial charge in [-0.3, -0.25) is 0 Å². The third-order valence-corrected chi connectivity index (χ3v) is 2.11. The number of aliphatic hydroxyl groups excluding tert-OH is 1. The Bertz CT molecular complexity index is 175. The quantitative estimate of drug-likeness (QED) is 0.514. The second kappa shape index (κ2) is 7.74. The van der Waals surface area contributed by atoms with Crippen LogP contribution in [0.15, 0.2) is 12.2 Å². The summed E-state index contributed by atoms with van der Waals surface area (Å²) in [5, 5.41) is 9.18. The molecule has 4 heteroatoms. The standard InChI is InChI=1S/C11H19F3O/c1-2-3-4-5-6-7-10(15)8-9-11(12,13)14/h8-10,15H,2-7H2,1H3/b9-8+. The highest BCUT2D eigenvalue weighted by atomic mass is 19.4. The van der Waals surface area contributed by atoms with Crippen molar-refractivity contribution in [1.82, 2.24) is 0 Å². The van der Waals surface area contributed by atoms with Gasteiger partial charge in [0.1, 0.15) is 0 Å². The fraction of sp³-hybridized carbons (Fsp3) is 0.818. The average molecular weight is 224 g/mol. The van der Waals surface area contributed by atoms with Gasteiger partial charge in [-0.05, 0) is 6.42 Å². The molecule has 90 valence electrons. The Labute approximate surface area is 89.0 Å². The van der Waals surface area contributed by atoms with Crippen LogP contribution in [0.5, 0.6) is 0 Å². The third-order valence-electron chi connectivity index (χ3n) is 2.11. The predicted octanol–water partition coefficient (Wildman–Crippen LogP) is 3.83. The smallest absolute Gasteiger partial charge is 0.389 e. The molecule has 0 heterocycles. The second-order valence-corrected chi connectivity index (χ2v) is 3.67. The number of unbranched alkanes of at least 4 members (excludes halogenated alkanes) is 4. The van der Waals surface area contributed by atoms with Crippen LogP contribution in [0.3, 0.4) is 0 Å². The molecule has 1 nitrogen and oxygen atoms in total. The highest BCUT2D eigenvalue weighted by Gasteiger charge is 2.22. The summed E-state index contributed by atoms with van der Waals surface area (Å²) in [5.74, 6) is 0. The molecule has 15 heavy (non-hydrogen) atoms. The molecule has 0 aromatic rings. The number of aliphatic hydroxyl groups is 1. The normalized spacial score (nSPS) is 14.7. The fourth-order valence-electron chi connectivity index (χ4n) is 1.27. The summed E-state index contributed by atoms with van der Waals surface area (Å²) in [7, 11) is 0. The lowest BCUT2D eigenvalue weighted by Gasteiger charge is -2.05. The monoisotopic (exact) mass is 224 g/mol. The Balaban J connectivity index is 3.49. The highest BCUT2D eigenvalue weighted by Crippen LogP contribution is 2.17. The molecule has 1 atom stereocenters. The molecule has 0 saturated heterocycles. The van der Waals surface area contributed by atoms with Gasteiger partial charge < -0.3 is 5.11 Å². The van der Waals surface area contributed by atoms with Crippen molar-refractivity contribution in [3.8, 4) is 0 Å². The molecular formula is C11H19F3O. The zero-order valence-corrected chi connectivity index (χ0v) is 9.06. The van der Waals surface area contributed by atoms with Crippen LogP contribution in [-0.2, 0) is 0 Å². The maximum atomic E-state index is 11.7. The predicted molar refractivity (Wildman–Crippen MR) is 54.6 cm³/mol. The van der Waals surface area contributed by atoms with Crippen molar-refractivity contribution in [3.05, 3.63) is 12.2 Å². The van der Waals surface area contributed by atoms with Gasteiger partial charge in [-0.2, -0.15) is 13.2 Å². The summed E-state index contributed by atoms with van der Waals surface area (Å²) in [6, 6.07) is 0. The van der Waals surface area contributed by atoms with Crippen LogP contribution >= 0.6 is 0 Å². The van der Waals surface area contributed by atoms with Crippen molar-refractivity contribution in [2.24, 2.45) is 0 Å². The van der Waals surface area contributed by atoms with Crippen molar-refractivity contribution in [2.75, 3.05) is 0 Å². The zero-order chi connectivity index (χ0) is 11.7. The number of halogens is 3. The largest absolute Gasteiger partial charge is 0.409 e. The van der Waals surface area contributed by atoms with E-state index < -0.39 is 12.3 Å². The van der Waals surface area contributed by atoms with Crippen molar-refractivity contribution in [3.63, 3.8) is 0 Å². The fourth-order valence-corrected chi connectivity index (χ4v) is 1.27. The van der Waals surface area contributed by atoms with E-state index in [1.54, 1.807) is 0 Å². The van der Waals surface area contributed by atoms with Gasteiger partial charge in [0, 0.05) is 6.08 Å². The van der Waals surface area contributed by atoms with E-state index in [1.807, 2.05) is 0 Å². The Kier molecular flexibility index (Phi) is 7.48. The van der Waals surface area contributed by atoms with Crippen molar-refractivity contribution < 1.29 is 18.3 Å². The minimum absolute atomic E-state index is 0.101. The third kappa shape index (κ3) is 11.4. The van der Waals surface area contributed by atoms with E-state index in [2.05, 4.69) is 6.92 Å². The first-order chi connectivity index (χ1) is 6.95. The van der Waals surface area contributed by atoms with Crippen LogP contribution < -0.4 is 0 Å². The van der Waals surface area contributed by atoms with Crippen molar-refractivity contribution >= 4 is 0 Å². The van der Waals surface area contributed by atoms with Gasteiger partial charge in [-0.1, -0.05) is 45.1 Å². The van der Waals surface area contributed by atoms with E-state index in [0.717, 1.165) is 38.2 Å². The van der Waals surface area contributed by atoms with Gasteiger partial charge >= 0.3 is 6.18 Å². The molecule has 0 bridgehead atoms. The van der Waals surface area contributed by atoms with Gasteiger partial charge in [-0.25, -0.2) is 0 Å². The lowest BCUT2D eigenvalue weighted by Crippen LogP contribution is -2.07. The Morgan fingerprint density at radius 1 is 1.13 bits per heavy atom. The molecule has 0 aromatic carbocycles. The molecule has 1 unspecified atom stereocenters. The topological polar surface area (TPSA) is 20.2 Å². The molecule has 0 spiro atoms. The number of hydrogen-bond donors (Lipinski definition) is 1. The Morgan fingerprint density at radius 2 is 1.73 bits per heavy atom. The Hall–Kier alpha value is -0.510. The SMILES string of the molecule is CCCCCCCC(O)/C=C/C(F)(F)F. The van der Waals surface area contributed by atoms with Crippen LogP contribution in [0.1, 0.15) is 45.4 Å². The summed E-state index contributed by atoms with van der Waals surface area (Å²) in [4.78, 5) is 0. The summed E-state index contributed by atoms with van der Waals surface area (Å²) in [6.07, 6.45) is 1.18. The maximum absolute atomic E-state index is 11.7. The van der Waals surface area contributed by atoms with Crippen LogP contribution in [0, 0.1) is 0 Å². The van der Waals surface area contributed by atoms with Crippen molar-refractivity contribution in [1.29, 1.82) is 0 Å².